The van der Waals surface area contributed by atoms with Crippen molar-refractivity contribution in [3.63, 3.8) is 0 Å². The van der Waals surface area contributed by atoms with Crippen molar-refractivity contribution in [3.8, 4) is 57.3 Å². The average molecular weight is 2000 g/mol. The molecule has 6 heterocycles. The number of thioether (sulfide) groups is 1. The molecule has 0 aliphatic rings. The number of rotatable bonds is 22. The molecule has 37 heteroatoms. The highest BCUT2D eigenvalue weighted by Crippen LogP contribution is 2.43. The number of nitrogens with zero attached hydrogens (tertiary/aromatic N) is 7. The van der Waals surface area contributed by atoms with Crippen LogP contribution in [-0.2, 0) is 56.7 Å². The normalized spacial score (nSPS) is 11.1. The maximum Gasteiger partial charge on any atom is 0.323 e. The van der Waals surface area contributed by atoms with Gasteiger partial charge in [-0.25, -0.2) is 4.98 Å². The Labute approximate surface area is 820 Å². The highest BCUT2D eigenvalue weighted by atomic mass is 35.5. The van der Waals surface area contributed by atoms with Gasteiger partial charge in [0, 0.05) is 73.0 Å². The summed E-state index contributed by atoms with van der Waals surface area (Å²) < 4.78 is 35.0. The third-order valence-corrected chi connectivity index (χ3v) is 24.7. The van der Waals surface area contributed by atoms with E-state index < -0.39 is 29.8 Å². The van der Waals surface area contributed by atoms with Crippen LogP contribution in [0.5, 0.6) is 46.1 Å². The van der Waals surface area contributed by atoms with Gasteiger partial charge in [0.25, 0.3) is 0 Å². The fourth-order valence-corrected chi connectivity index (χ4v) is 18.1. The van der Waals surface area contributed by atoms with E-state index in [0.717, 1.165) is 27.3 Å². The summed E-state index contributed by atoms with van der Waals surface area (Å²) in [5.41, 5.74) is 8.60. The van der Waals surface area contributed by atoms with Crippen LogP contribution in [0.3, 0.4) is 0 Å². The number of phenols is 2. The predicted octanol–water partition coefficient (Wildman–Crippen LogP) is 20.7. The first-order chi connectivity index (χ1) is 67.2. The standard InChI is InChI=1S/C23H18ClNO4.2C22H17ClN2O5.C19H12ClN3O4.C17H14ClNO4S/c1-13-4-3-5-14(10-13)15-6-7-16-19(11-15)25(12-20(26)27)21-17(22(16)28)8-9-18(24)23(21)29-2;1-30-22-17(23)9-8-16-20(22)25(11-19(27)28)18-10-13(4-7-15(18)21(16)29)24-12-2-5-14(26)6-3-12;1-30-22-17(23)8-7-16-20(22)25(11-19(27)28)18-10-13(5-6-15(18)21(16)29)24-12-3-2-4-14(26)9-12;20-13-6-5-12-17(19(13)27-15-9-21-7-8-22-15)23(10-16(24)25)14-4-2-1-3-11(14)18(12)26;1-23-17-12(18)6-5-11-15(17)19(8-14(20)21)13-7-9(24-2)3-4-10(13)16(11)22/h3-11H,12H2,1-2H3,(H,26,27);2*2-10,24,26H,11H2,1H3,(H,27,28);1-9H,10H2,(H,24,25);3-7H,8H2,1-2H3,(H,20,21). The Morgan fingerprint density at radius 2 is 0.679 bits per heavy atom. The van der Waals surface area contributed by atoms with Gasteiger partial charge in [-0.2, -0.15) is 0 Å². The summed E-state index contributed by atoms with van der Waals surface area (Å²) in [6.45, 7) is 0.231. The number of aliphatic carboxylic acids is 5. The SMILES string of the molecule is COc1c(Cl)ccc2c(=O)c3ccc(-c4cccc(C)c4)cc3n(CC(=O)O)c12.COc1c(Cl)ccc2c(=O)c3ccc(Nc4ccc(O)cc4)cc3n(CC(=O)O)c12.COc1c(Cl)ccc2c(=O)c3ccc(Nc4cccc(O)c4)cc3n(CC(=O)O)c12.COc1c(Cl)ccc2c(=O)c3ccc(SC)cc3n(CC(=O)O)c12.O=C(O)Cn1c2ccccc2c(=O)c2ccc(Cl)c(Oc3cnccn3)c21. The van der Waals surface area contributed by atoms with Gasteiger partial charge in [-0.3, -0.25) is 52.9 Å². The number of pyridine rings is 5. The molecule has 140 heavy (non-hydrogen) atoms. The Kier molecular flexibility index (Phi) is 29.5. The van der Waals surface area contributed by atoms with Crippen LogP contribution in [0.2, 0.25) is 25.1 Å². The van der Waals surface area contributed by atoms with Gasteiger partial charge in [0.2, 0.25) is 5.88 Å². The van der Waals surface area contributed by atoms with Crippen LogP contribution >= 0.6 is 69.8 Å². The van der Waals surface area contributed by atoms with Gasteiger partial charge in [-0.1, -0.05) is 112 Å². The smallest absolute Gasteiger partial charge is 0.323 e. The Bertz CT molecular complexity index is 8620. The molecule has 0 saturated heterocycles. The Balaban J connectivity index is 0.000000133. The molecule has 708 valence electrons. The number of carboxylic acids is 5. The van der Waals surface area contributed by atoms with Crippen LogP contribution in [0, 0.1) is 6.92 Å². The summed E-state index contributed by atoms with van der Waals surface area (Å²) in [5, 5.41) is 77.9. The second-order valence-electron chi connectivity index (χ2n) is 31.2. The van der Waals surface area contributed by atoms with E-state index in [2.05, 4.69) is 20.6 Å². The Morgan fingerprint density at radius 1 is 0.336 bits per heavy atom. The molecule has 13 aromatic carbocycles. The molecule has 0 spiro atoms. The number of hydrogen-bond donors (Lipinski definition) is 9. The largest absolute Gasteiger partial charge is 0.508 e. The van der Waals surface area contributed by atoms with Gasteiger partial charge in [0.1, 0.15) is 44.2 Å². The van der Waals surface area contributed by atoms with Gasteiger partial charge >= 0.3 is 29.8 Å². The van der Waals surface area contributed by atoms with E-state index in [0.29, 0.717) is 142 Å². The number of phenolic OH excluding ortho intramolecular Hbond substituents is 2. The van der Waals surface area contributed by atoms with E-state index in [4.69, 9.17) is 81.7 Å². The number of ether oxygens (including phenoxy) is 5. The lowest BCUT2D eigenvalue weighted by atomic mass is 10.0. The second kappa shape index (κ2) is 42.1. The van der Waals surface area contributed by atoms with Crippen LogP contribution in [0.25, 0.3) is 120 Å². The predicted molar refractivity (Wildman–Crippen MR) is 545 cm³/mol. The highest BCUT2D eigenvalue weighted by molar-refractivity contribution is 7.98. The van der Waals surface area contributed by atoms with Crippen LogP contribution in [0.4, 0.5) is 22.7 Å². The van der Waals surface area contributed by atoms with E-state index in [9.17, 15) is 83.7 Å². The molecular weight excluding hydrogens is 1920 g/mol. The molecule has 6 aromatic heterocycles. The molecule has 19 rings (SSSR count). The zero-order chi connectivity index (χ0) is 99.9. The fraction of sp³-hybridized carbons (Fsp3) is 0.107. The van der Waals surface area contributed by atoms with Crippen molar-refractivity contribution in [2.75, 3.05) is 45.3 Å². The number of aryl methyl sites for hydroxylation is 1. The number of carboxylic acid groups (broad SMARTS) is 5. The number of fused-ring (bicyclic) bond motifs is 10. The summed E-state index contributed by atoms with van der Waals surface area (Å²) in [6.07, 6.45) is 6.26. The quantitative estimate of drug-likeness (QED) is 0.0173. The number of halogens is 5. The number of aromatic hydroxyl groups is 2. The van der Waals surface area contributed by atoms with Gasteiger partial charge in [-0.05, 0) is 200 Å². The minimum absolute atomic E-state index is 0.106. The van der Waals surface area contributed by atoms with Crippen molar-refractivity contribution in [2.24, 2.45) is 0 Å². The second-order valence-corrected chi connectivity index (χ2v) is 34.1. The first-order valence-corrected chi connectivity index (χ1v) is 45.1. The van der Waals surface area contributed by atoms with Crippen molar-refractivity contribution >= 4 is 231 Å². The van der Waals surface area contributed by atoms with Crippen molar-refractivity contribution in [3.05, 3.63) is 331 Å². The maximum atomic E-state index is 13.1. The number of benzene rings is 13. The average Bonchev–Trinajstić information content (AvgIpc) is 0.778. The van der Waals surface area contributed by atoms with Crippen LogP contribution < -0.4 is 61.5 Å². The molecule has 0 unspecified atom stereocenters. The molecule has 9 N–H and O–H groups in total. The Hall–Kier alpha value is -16.4. The molecule has 0 fully saturated rings. The topological polar surface area (TPSA) is 433 Å². The fourth-order valence-electron chi connectivity index (χ4n) is 16.5. The lowest BCUT2D eigenvalue weighted by Gasteiger charge is -2.17. The minimum Gasteiger partial charge on any atom is -0.508 e. The number of hydrogen-bond acceptors (Lipinski definition) is 22. The number of aromatic nitrogens is 7. The molecule has 0 aliphatic heterocycles. The first-order valence-electron chi connectivity index (χ1n) is 42.0. The van der Waals surface area contributed by atoms with Crippen molar-refractivity contribution < 1.29 is 83.4 Å². The van der Waals surface area contributed by atoms with Gasteiger partial charge < -0.3 is 92.9 Å². The summed E-state index contributed by atoms with van der Waals surface area (Å²) in [7, 11) is 5.73. The molecular formula is C103H78Cl5N9O22S. The molecule has 0 atom stereocenters. The maximum absolute atomic E-state index is 13.1. The van der Waals surface area contributed by atoms with Crippen LogP contribution in [0.15, 0.2) is 278 Å². The molecule has 0 amide bonds. The van der Waals surface area contributed by atoms with Crippen molar-refractivity contribution in [1.29, 1.82) is 0 Å². The van der Waals surface area contributed by atoms with E-state index in [1.54, 1.807) is 185 Å². The van der Waals surface area contributed by atoms with Crippen molar-refractivity contribution in [1.82, 2.24) is 32.8 Å². The van der Waals surface area contributed by atoms with Gasteiger partial charge in [0.15, 0.2) is 55.9 Å². The van der Waals surface area contributed by atoms with E-state index >= 15 is 0 Å². The zero-order valence-electron chi connectivity index (χ0n) is 74.4. The molecule has 0 saturated carbocycles. The molecule has 19 aromatic rings. The van der Waals surface area contributed by atoms with Crippen LogP contribution in [-0.4, -0.2) is 133 Å². The molecule has 31 nitrogen and oxygen atoms in total. The molecule has 0 aliphatic carbocycles. The monoisotopic (exact) mass is 2000 g/mol. The van der Waals surface area contributed by atoms with E-state index in [-0.39, 0.29) is 115 Å². The van der Waals surface area contributed by atoms with E-state index in [1.165, 1.54) is 78.6 Å². The molecule has 0 radical (unpaired) electrons. The summed E-state index contributed by atoms with van der Waals surface area (Å²) in [5.74, 6) is -3.62. The summed E-state index contributed by atoms with van der Waals surface area (Å²) >= 11 is 32.8. The highest BCUT2D eigenvalue weighted by Gasteiger charge is 2.27. The first kappa shape index (κ1) is 98.2. The number of para-hydroxylation sites is 1. The number of carbonyl (C=O) groups is 5. The third-order valence-electron chi connectivity index (χ3n) is 22.4. The minimum atomic E-state index is -1.07. The third kappa shape index (κ3) is 20.3. The van der Waals surface area contributed by atoms with Crippen molar-refractivity contribution in [2.45, 2.75) is 44.5 Å². The zero-order valence-corrected chi connectivity index (χ0v) is 79.0. The van der Waals surface area contributed by atoms with E-state index in [1.807, 2.05) is 61.7 Å². The Morgan fingerprint density at radius 3 is 1.08 bits per heavy atom. The number of nitrogens with one attached hydrogen (secondary N) is 2. The van der Waals surface area contributed by atoms with Crippen LogP contribution in [0.1, 0.15) is 5.56 Å². The summed E-state index contributed by atoms with van der Waals surface area (Å²) in [4.78, 5) is 132. The molecule has 0 bridgehead atoms. The lowest BCUT2D eigenvalue weighted by Crippen LogP contribution is -2.17. The number of anilines is 4. The lowest BCUT2D eigenvalue weighted by molar-refractivity contribution is -0.138. The van der Waals surface area contributed by atoms with Gasteiger partial charge in [0.05, 0.1) is 142 Å². The number of methoxy groups -OCH3 is 4. The van der Waals surface area contributed by atoms with Gasteiger partial charge in [-0.15, -0.1) is 11.8 Å². The summed E-state index contributed by atoms with van der Waals surface area (Å²) in [6, 6.07) is 64.6.